The van der Waals surface area contributed by atoms with Crippen LogP contribution in [0.5, 0.6) is 0 Å². The summed E-state index contributed by atoms with van der Waals surface area (Å²) in [5, 5.41) is 4.17. The third-order valence-electron chi connectivity index (χ3n) is 5.98. The molecule has 2 aliphatic heterocycles. The minimum atomic E-state index is -0.256. The molecule has 1 saturated heterocycles. The van der Waals surface area contributed by atoms with Crippen molar-refractivity contribution in [1.29, 1.82) is 0 Å². The van der Waals surface area contributed by atoms with Gasteiger partial charge in [0.05, 0.1) is 24.1 Å². The first kappa shape index (κ1) is 18.9. The fourth-order valence-electron chi connectivity index (χ4n) is 4.24. The topological polar surface area (TPSA) is 62.4 Å². The Kier molecular flexibility index (Phi) is 4.58. The van der Waals surface area contributed by atoms with E-state index in [-0.39, 0.29) is 5.82 Å². The van der Waals surface area contributed by atoms with E-state index in [1.54, 1.807) is 23.3 Å². The van der Waals surface area contributed by atoms with Crippen LogP contribution in [0.1, 0.15) is 23.2 Å². The highest BCUT2D eigenvalue weighted by Gasteiger charge is 2.27. The molecule has 2 aromatic heterocycles. The number of anilines is 1. The zero-order valence-electron chi connectivity index (χ0n) is 17.4. The molecule has 3 aromatic rings. The highest BCUT2D eigenvalue weighted by atomic mass is 19.1. The van der Waals surface area contributed by atoms with Crippen molar-refractivity contribution in [3.05, 3.63) is 59.6 Å². The molecule has 5 rings (SSSR count). The van der Waals surface area contributed by atoms with Crippen LogP contribution in [0.3, 0.4) is 0 Å². The summed E-state index contributed by atoms with van der Waals surface area (Å²) in [6.07, 6.45) is 6.20. The van der Waals surface area contributed by atoms with E-state index in [1.807, 2.05) is 25.4 Å². The average Bonchev–Trinajstić information content (AvgIpc) is 3.46. The molecule has 2 aliphatic rings. The predicted molar refractivity (Wildman–Crippen MR) is 114 cm³/mol. The van der Waals surface area contributed by atoms with E-state index >= 15 is 0 Å². The van der Waals surface area contributed by atoms with E-state index in [0.29, 0.717) is 18.2 Å². The van der Waals surface area contributed by atoms with Crippen molar-refractivity contribution in [1.82, 2.24) is 24.6 Å². The molecule has 30 heavy (non-hydrogen) atoms. The van der Waals surface area contributed by atoms with Gasteiger partial charge in [-0.1, -0.05) is 0 Å². The summed E-state index contributed by atoms with van der Waals surface area (Å²) in [6, 6.07) is 5.98. The summed E-state index contributed by atoms with van der Waals surface area (Å²) >= 11 is 0. The SMILES string of the molecule is CN(C)[C@@H]1CCN(c2cc(C3=NCc4cc(F)c(-c5cnn(C)c5)cc43)ncn2)C1. The molecule has 1 atom stereocenters. The molecule has 1 fully saturated rings. The van der Waals surface area contributed by atoms with Gasteiger partial charge in [-0.15, -0.1) is 0 Å². The Labute approximate surface area is 174 Å². The summed E-state index contributed by atoms with van der Waals surface area (Å²) in [7, 11) is 6.05. The van der Waals surface area contributed by atoms with Gasteiger partial charge >= 0.3 is 0 Å². The Bertz CT molecular complexity index is 1130. The van der Waals surface area contributed by atoms with E-state index in [1.165, 1.54) is 0 Å². The number of benzene rings is 1. The highest BCUT2D eigenvalue weighted by molar-refractivity contribution is 6.14. The van der Waals surface area contributed by atoms with E-state index in [9.17, 15) is 4.39 Å². The summed E-state index contributed by atoms with van der Waals surface area (Å²) in [4.78, 5) is 18.2. The van der Waals surface area contributed by atoms with Crippen LogP contribution in [0.4, 0.5) is 10.2 Å². The summed E-state index contributed by atoms with van der Waals surface area (Å²) < 4.78 is 16.4. The maximum absolute atomic E-state index is 14.7. The highest BCUT2D eigenvalue weighted by Crippen LogP contribution is 2.31. The number of nitrogens with zero attached hydrogens (tertiary/aromatic N) is 7. The Morgan fingerprint density at radius 1 is 1.13 bits per heavy atom. The van der Waals surface area contributed by atoms with E-state index in [0.717, 1.165) is 53.4 Å². The normalized spacial score (nSPS) is 18.2. The molecule has 0 radical (unpaired) electrons. The van der Waals surface area contributed by atoms with Crippen LogP contribution < -0.4 is 4.90 Å². The van der Waals surface area contributed by atoms with Crippen molar-refractivity contribution in [2.75, 3.05) is 32.1 Å². The lowest BCUT2D eigenvalue weighted by Crippen LogP contribution is -2.31. The smallest absolute Gasteiger partial charge is 0.132 e. The molecule has 7 nitrogen and oxygen atoms in total. The minimum absolute atomic E-state index is 0.256. The van der Waals surface area contributed by atoms with Crippen molar-refractivity contribution in [3.63, 3.8) is 0 Å². The maximum atomic E-state index is 14.7. The number of fused-ring (bicyclic) bond motifs is 1. The Morgan fingerprint density at radius 3 is 2.73 bits per heavy atom. The van der Waals surface area contributed by atoms with Gasteiger partial charge in [-0.2, -0.15) is 5.10 Å². The molecule has 0 saturated carbocycles. The second-order valence-electron chi connectivity index (χ2n) is 8.17. The van der Waals surface area contributed by atoms with Crippen LogP contribution in [-0.2, 0) is 13.6 Å². The van der Waals surface area contributed by atoms with Crippen molar-refractivity contribution in [2.45, 2.75) is 19.0 Å². The zero-order chi connectivity index (χ0) is 20.8. The fraction of sp³-hybridized carbons (Fsp3) is 0.364. The van der Waals surface area contributed by atoms with Crippen LogP contribution >= 0.6 is 0 Å². The number of hydrogen-bond acceptors (Lipinski definition) is 6. The second kappa shape index (κ2) is 7.28. The molecule has 0 amide bonds. The van der Waals surface area contributed by atoms with E-state index < -0.39 is 0 Å². The van der Waals surface area contributed by atoms with Crippen molar-refractivity contribution in [3.8, 4) is 11.1 Å². The number of aryl methyl sites for hydroxylation is 1. The number of hydrogen-bond donors (Lipinski definition) is 0. The lowest BCUT2D eigenvalue weighted by molar-refractivity contribution is 0.315. The summed E-state index contributed by atoms with van der Waals surface area (Å²) in [5.74, 6) is 0.656. The Morgan fingerprint density at radius 2 is 2.00 bits per heavy atom. The number of aromatic nitrogens is 4. The number of rotatable bonds is 4. The van der Waals surface area contributed by atoms with Gasteiger partial charge in [0.2, 0.25) is 0 Å². The van der Waals surface area contributed by atoms with Gasteiger partial charge in [-0.3, -0.25) is 9.67 Å². The molecule has 0 unspecified atom stereocenters. The molecular formula is C22H24FN7. The van der Waals surface area contributed by atoms with Gasteiger partial charge in [0, 0.05) is 55.1 Å². The van der Waals surface area contributed by atoms with E-state index in [4.69, 9.17) is 0 Å². The second-order valence-corrected chi connectivity index (χ2v) is 8.17. The van der Waals surface area contributed by atoms with Crippen molar-refractivity contribution in [2.24, 2.45) is 12.0 Å². The van der Waals surface area contributed by atoms with Crippen LogP contribution in [-0.4, -0.2) is 63.6 Å². The average molecular weight is 405 g/mol. The fourth-order valence-corrected chi connectivity index (χ4v) is 4.24. The predicted octanol–water partition coefficient (Wildman–Crippen LogP) is 2.51. The van der Waals surface area contributed by atoms with Crippen LogP contribution in [0, 0.1) is 5.82 Å². The monoisotopic (exact) mass is 405 g/mol. The molecule has 0 bridgehead atoms. The van der Waals surface area contributed by atoms with Crippen molar-refractivity contribution >= 4 is 11.5 Å². The quantitative estimate of drug-likeness (QED) is 0.668. The molecule has 154 valence electrons. The zero-order valence-corrected chi connectivity index (χ0v) is 17.4. The molecule has 0 spiro atoms. The largest absolute Gasteiger partial charge is 0.355 e. The maximum Gasteiger partial charge on any atom is 0.132 e. The number of likely N-dealkylation sites (N-methyl/N-ethyl adjacent to an activating group) is 1. The van der Waals surface area contributed by atoms with Crippen LogP contribution in [0.25, 0.3) is 11.1 Å². The van der Waals surface area contributed by atoms with Gasteiger partial charge in [-0.05, 0) is 38.2 Å². The van der Waals surface area contributed by atoms with Gasteiger partial charge in [0.15, 0.2) is 0 Å². The lowest BCUT2D eigenvalue weighted by Gasteiger charge is -2.21. The third kappa shape index (κ3) is 3.27. The van der Waals surface area contributed by atoms with Crippen LogP contribution in [0.2, 0.25) is 0 Å². The van der Waals surface area contributed by atoms with Crippen LogP contribution in [0.15, 0.2) is 41.9 Å². The number of halogens is 1. The van der Waals surface area contributed by atoms with Crippen molar-refractivity contribution < 1.29 is 4.39 Å². The first-order chi connectivity index (χ1) is 14.5. The van der Waals surface area contributed by atoms with Gasteiger partial charge in [0.25, 0.3) is 0 Å². The summed E-state index contributed by atoms with van der Waals surface area (Å²) in [6.45, 7) is 2.38. The molecule has 0 aliphatic carbocycles. The standard InChI is InChI=1S/C22H24FN7/c1-28(2)16-4-5-30(12-16)21-8-20(25-13-26-21)22-18-7-17(15-10-27-29(3)11-15)19(23)6-14(18)9-24-22/h6-8,10-11,13,16H,4-5,9,12H2,1-3H3/t16-/m1/s1. The third-order valence-corrected chi connectivity index (χ3v) is 5.98. The van der Waals surface area contributed by atoms with Gasteiger partial charge in [0.1, 0.15) is 18.0 Å². The molecule has 4 heterocycles. The molecule has 1 aromatic carbocycles. The van der Waals surface area contributed by atoms with E-state index in [2.05, 4.69) is 44.0 Å². The Balaban J connectivity index is 1.48. The number of aliphatic imine (C=N–C) groups is 1. The first-order valence-electron chi connectivity index (χ1n) is 10.1. The summed E-state index contributed by atoms with van der Waals surface area (Å²) in [5.41, 5.74) is 4.65. The van der Waals surface area contributed by atoms with Gasteiger partial charge < -0.3 is 9.80 Å². The minimum Gasteiger partial charge on any atom is -0.355 e. The molecule has 8 heteroatoms. The first-order valence-corrected chi connectivity index (χ1v) is 10.1. The Hall–Kier alpha value is -3.13. The van der Waals surface area contributed by atoms with Gasteiger partial charge in [-0.25, -0.2) is 14.4 Å². The molecule has 0 N–H and O–H groups in total. The molecular weight excluding hydrogens is 381 g/mol. The lowest BCUT2D eigenvalue weighted by atomic mass is 9.97.